The number of anilines is 1. The number of furan rings is 1. The highest BCUT2D eigenvalue weighted by atomic mass is 16.5. The summed E-state index contributed by atoms with van der Waals surface area (Å²) >= 11 is 0. The second kappa shape index (κ2) is 6.25. The molecule has 4 aromatic rings. The zero-order chi connectivity index (χ0) is 17.3. The van der Waals surface area contributed by atoms with Crippen molar-refractivity contribution in [1.82, 2.24) is 20.1 Å². The monoisotopic (exact) mass is 347 g/mol. The molecule has 1 fully saturated rings. The Balaban J connectivity index is 1.39. The van der Waals surface area contributed by atoms with Gasteiger partial charge >= 0.3 is 0 Å². The first-order chi connectivity index (χ1) is 12.9. The van der Waals surface area contributed by atoms with Gasteiger partial charge in [0.15, 0.2) is 5.76 Å². The van der Waals surface area contributed by atoms with Crippen molar-refractivity contribution < 1.29 is 8.94 Å². The molecule has 0 N–H and O–H groups in total. The molecule has 4 heterocycles. The fourth-order valence-electron chi connectivity index (χ4n) is 3.43. The number of benzene rings is 1. The van der Waals surface area contributed by atoms with Gasteiger partial charge in [0.05, 0.1) is 12.1 Å². The van der Waals surface area contributed by atoms with Crippen molar-refractivity contribution >= 4 is 16.8 Å². The van der Waals surface area contributed by atoms with E-state index in [-0.39, 0.29) is 5.92 Å². The van der Waals surface area contributed by atoms with Crippen LogP contribution in [-0.2, 0) is 0 Å². The first-order valence-corrected chi connectivity index (χ1v) is 8.70. The van der Waals surface area contributed by atoms with Crippen LogP contribution in [0.3, 0.4) is 0 Å². The van der Waals surface area contributed by atoms with Crippen LogP contribution in [0.2, 0.25) is 0 Å². The second-order valence-electron chi connectivity index (χ2n) is 6.45. The third-order valence-electron chi connectivity index (χ3n) is 4.73. The van der Waals surface area contributed by atoms with Gasteiger partial charge in [-0.3, -0.25) is 4.98 Å². The summed E-state index contributed by atoms with van der Waals surface area (Å²) in [6.07, 6.45) is 7.24. The molecule has 26 heavy (non-hydrogen) atoms. The number of hydrogen-bond donors (Lipinski definition) is 0. The number of fused-ring (bicyclic) bond motifs is 1. The minimum Gasteiger partial charge on any atom is -0.453 e. The van der Waals surface area contributed by atoms with Gasteiger partial charge < -0.3 is 13.8 Å². The Labute approximate surface area is 149 Å². The van der Waals surface area contributed by atoms with E-state index in [0.717, 1.165) is 42.7 Å². The molecule has 1 atom stereocenters. The SMILES string of the molecule is c1ccc2oc(-c3noc([C@@H]4CCCN(c5cnccn5)C4)n3)cc2c1. The molecule has 5 rings (SSSR count). The Hall–Kier alpha value is -3.22. The summed E-state index contributed by atoms with van der Waals surface area (Å²) in [6, 6.07) is 9.80. The van der Waals surface area contributed by atoms with Crippen molar-refractivity contribution in [2.24, 2.45) is 0 Å². The summed E-state index contributed by atoms with van der Waals surface area (Å²) in [5, 5.41) is 5.16. The predicted molar refractivity (Wildman–Crippen MR) is 95.7 cm³/mol. The quantitative estimate of drug-likeness (QED) is 0.559. The van der Waals surface area contributed by atoms with Crippen LogP contribution in [0, 0.1) is 0 Å². The van der Waals surface area contributed by atoms with E-state index in [1.54, 1.807) is 18.6 Å². The number of rotatable bonds is 3. The van der Waals surface area contributed by atoms with E-state index in [2.05, 4.69) is 25.0 Å². The summed E-state index contributed by atoms with van der Waals surface area (Å²) in [4.78, 5) is 15.4. The molecule has 130 valence electrons. The number of hydrogen-bond acceptors (Lipinski definition) is 7. The lowest BCUT2D eigenvalue weighted by Crippen LogP contribution is -2.35. The van der Waals surface area contributed by atoms with Crippen LogP contribution in [-0.4, -0.2) is 33.2 Å². The molecule has 0 unspecified atom stereocenters. The van der Waals surface area contributed by atoms with Crippen LogP contribution in [0.5, 0.6) is 0 Å². The van der Waals surface area contributed by atoms with Crippen molar-refractivity contribution in [3.63, 3.8) is 0 Å². The van der Waals surface area contributed by atoms with Gasteiger partial charge in [-0.1, -0.05) is 23.4 Å². The number of nitrogens with zero attached hydrogens (tertiary/aromatic N) is 5. The Bertz CT molecular complexity index is 994. The Kier molecular flexibility index (Phi) is 3.62. The van der Waals surface area contributed by atoms with Crippen molar-refractivity contribution in [3.05, 3.63) is 54.8 Å². The van der Waals surface area contributed by atoms with Crippen LogP contribution >= 0.6 is 0 Å². The van der Waals surface area contributed by atoms with Crippen LogP contribution in [0.1, 0.15) is 24.7 Å². The van der Waals surface area contributed by atoms with Crippen molar-refractivity contribution in [1.29, 1.82) is 0 Å². The Morgan fingerprint density at radius 2 is 2.12 bits per heavy atom. The second-order valence-corrected chi connectivity index (χ2v) is 6.45. The zero-order valence-electron chi connectivity index (χ0n) is 14.1. The van der Waals surface area contributed by atoms with Crippen LogP contribution in [0.25, 0.3) is 22.6 Å². The molecular weight excluding hydrogens is 330 g/mol. The lowest BCUT2D eigenvalue weighted by molar-refractivity contribution is 0.332. The standard InChI is InChI=1S/C19H17N5O2/c1-2-6-15-13(4-1)10-16(25-15)18-22-19(26-23-18)14-5-3-9-24(12-14)17-11-20-7-8-21-17/h1-2,4,6-8,10-11,14H,3,5,9,12H2/t14-/m1/s1. The van der Waals surface area contributed by atoms with E-state index in [0.29, 0.717) is 17.5 Å². The van der Waals surface area contributed by atoms with E-state index in [1.165, 1.54) is 0 Å². The average molecular weight is 347 g/mol. The molecule has 0 aliphatic carbocycles. The third kappa shape index (κ3) is 2.71. The Morgan fingerprint density at radius 3 is 3.00 bits per heavy atom. The molecule has 1 aromatic carbocycles. The molecule has 0 radical (unpaired) electrons. The van der Waals surface area contributed by atoms with Gasteiger partial charge in [-0.25, -0.2) is 4.98 Å². The molecule has 1 saturated heterocycles. The molecule has 0 amide bonds. The molecule has 7 heteroatoms. The molecule has 0 bridgehead atoms. The first-order valence-electron chi connectivity index (χ1n) is 8.70. The van der Waals surface area contributed by atoms with Gasteiger partial charge in [-0.2, -0.15) is 4.98 Å². The fraction of sp³-hybridized carbons (Fsp3) is 0.263. The van der Waals surface area contributed by atoms with E-state index in [9.17, 15) is 0 Å². The number of aromatic nitrogens is 4. The Morgan fingerprint density at radius 1 is 1.15 bits per heavy atom. The highest BCUT2D eigenvalue weighted by Gasteiger charge is 2.27. The van der Waals surface area contributed by atoms with Crippen LogP contribution in [0.15, 0.2) is 57.9 Å². The molecule has 1 aliphatic rings. The van der Waals surface area contributed by atoms with Crippen molar-refractivity contribution in [2.45, 2.75) is 18.8 Å². The minimum absolute atomic E-state index is 0.177. The molecular formula is C19H17N5O2. The highest BCUT2D eigenvalue weighted by molar-refractivity contribution is 5.81. The summed E-state index contributed by atoms with van der Waals surface area (Å²) in [7, 11) is 0. The molecule has 3 aromatic heterocycles. The number of piperidine rings is 1. The van der Waals surface area contributed by atoms with Gasteiger partial charge in [0.25, 0.3) is 0 Å². The predicted octanol–water partition coefficient (Wildman–Crippen LogP) is 3.66. The topological polar surface area (TPSA) is 81.1 Å². The average Bonchev–Trinajstić information content (AvgIpc) is 3.36. The van der Waals surface area contributed by atoms with E-state index in [4.69, 9.17) is 8.94 Å². The molecule has 7 nitrogen and oxygen atoms in total. The summed E-state index contributed by atoms with van der Waals surface area (Å²) in [5.74, 6) is 2.83. The number of para-hydroxylation sites is 1. The normalized spacial score (nSPS) is 17.7. The summed E-state index contributed by atoms with van der Waals surface area (Å²) in [6.45, 7) is 1.75. The van der Waals surface area contributed by atoms with Gasteiger partial charge in [0.1, 0.15) is 11.4 Å². The lowest BCUT2D eigenvalue weighted by Gasteiger charge is -2.31. The van der Waals surface area contributed by atoms with E-state index in [1.807, 2.05) is 30.3 Å². The molecule has 1 aliphatic heterocycles. The maximum atomic E-state index is 5.83. The zero-order valence-corrected chi connectivity index (χ0v) is 14.1. The van der Waals surface area contributed by atoms with Crippen molar-refractivity contribution in [3.8, 4) is 11.6 Å². The fourth-order valence-corrected chi connectivity index (χ4v) is 3.43. The van der Waals surface area contributed by atoms with Gasteiger partial charge in [-0.15, -0.1) is 0 Å². The molecule has 0 spiro atoms. The maximum absolute atomic E-state index is 5.83. The van der Waals surface area contributed by atoms with Crippen molar-refractivity contribution in [2.75, 3.05) is 18.0 Å². The summed E-state index contributed by atoms with van der Waals surface area (Å²) in [5.41, 5.74) is 0.820. The van der Waals surface area contributed by atoms with Gasteiger partial charge in [0.2, 0.25) is 11.7 Å². The van der Waals surface area contributed by atoms with Crippen LogP contribution < -0.4 is 4.90 Å². The smallest absolute Gasteiger partial charge is 0.238 e. The third-order valence-corrected chi connectivity index (χ3v) is 4.73. The lowest BCUT2D eigenvalue weighted by atomic mass is 9.98. The summed E-state index contributed by atoms with van der Waals surface area (Å²) < 4.78 is 11.4. The minimum atomic E-state index is 0.177. The van der Waals surface area contributed by atoms with Gasteiger partial charge in [-0.05, 0) is 25.0 Å². The largest absolute Gasteiger partial charge is 0.453 e. The maximum Gasteiger partial charge on any atom is 0.238 e. The highest BCUT2D eigenvalue weighted by Crippen LogP contribution is 2.31. The molecule has 0 saturated carbocycles. The first kappa shape index (κ1) is 15.1. The van der Waals surface area contributed by atoms with Crippen LogP contribution in [0.4, 0.5) is 5.82 Å². The van der Waals surface area contributed by atoms with E-state index >= 15 is 0 Å². The van der Waals surface area contributed by atoms with E-state index < -0.39 is 0 Å². The van der Waals surface area contributed by atoms with Gasteiger partial charge in [0, 0.05) is 30.9 Å².